The van der Waals surface area contributed by atoms with E-state index in [1.165, 1.54) is 12.1 Å². The maximum absolute atomic E-state index is 13.0. The third kappa shape index (κ3) is 5.94. The van der Waals surface area contributed by atoms with Crippen LogP contribution in [0.2, 0.25) is 0 Å². The second-order valence-electron chi connectivity index (χ2n) is 9.38. The zero-order valence-electron chi connectivity index (χ0n) is 21.1. The molecule has 1 aliphatic rings. The molecule has 1 unspecified atom stereocenters. The molecule has 2 aromatic carbocycles. The van der Waals surface area contributed by atoms with E-state index < -0.39 is 11.7 Å². The fourth-order valence-electron chi connectivity index (χ4n) is 4.68. The van der Waals surface area contributed by atoms with E-state index in [0.29, 0.717) is 23.8 Å². The molecule has 38 heavy (non-hydrogen) atoms. The van der Waals surface area contributed by atoms with Crippen LogP contribution in [-0.2, 0) is 12.7 Å². The molecule has 9 heteroatoms. The number of hydrogen-bond donors (Lipinski definition) is 1. The molecule has 0 spiro atoms. The summed E-state index contributed by atoms with van der Waals surface area (Å²) in [5.41, 5.74) is 3.76. The van der Waals surface area contributed by atoms with Crippen molar-refractivity contribution < 1.29 is 13.2 Å². The van der Waals surface area contributed by atoms with Crippen LogP contribution in [0.4, 0.5) is 30.5 Å². The van der Waals surface area contributed by atoms with Gasteiger partial charge in [-0.05, 0) is 67.4 Å². The number of nitrogens with one attached hydrogen (secondary N) is 1. The molecule has 1 N–H and O–H groups in total. The normalized spacial score (nSPS) is 15.7. The molecule has 5 rings (SSSR count). The van der Waals surface area contributed by atoms with Gasteiger partial charge in [-0.15, -0.1) is 0 Å². The van der Waals surface area contributed by atoms with Crippen molar-refractivity contribution in [2.24, 2.45) is 0 Å². The van der Waals surface area contributed by atoms with Crippen molar-refractivity contribution in [3.63, 3.8) is 0 Å². The Bertz CT molecular complexity index is 1320. The number of pyridine rings is 1. The Morgan fingerprint density at radius 1 is 0.895 bits per heavy atom. The van der Waals surface area contributed by atoms with Gasteiger partial charge in [0.2, 0.25) is 5.95 Å². The lowest BCUT2D eigenvalue weighted by Gasteiger charge is -2.35. The zero-order valence-corrected chi connectivity index (χ0v) is 21.1. The van der Waals surface area contributed by atoms with Gasteiger partial charge < -0.3 is 15.1 Å². The summed E-state index contributed by atoms with van der Waals surface area (Å²) in [6.07, 6.45) is 2.90. The predicted molar refractivity (Wildman–Crippen MR) is 143 cm³/mol. The van der Waals surface area contributed by atoms with E-state index in [2.05, 4.69) is 49.4 Å². The zero-order chi connectivity index (χ0) is 26.5. The molecule has 1 fully saturated rings. The van der Waals surface area contributed by atoms with Gasteiger partial charge in [0.1, 0.15) is 0 Å². The third-order valence-corrected chi connectivity index (χ3v) is 6.85. The maximum atomic E-state index is 13.0. The Morgan fingerprint density at radius 3 is 2.26 bits per heavy atom. The Kier molecular flexibility index (Phi) is 7.55. The Balaban J connectivity index is 1.40. The van der Waals surface area contributed by atoms with Crippen LogP contribution < -0.4 is 15.1 Å². The van der Waals surface area contributed by atoms with Crippen LogP contribution in [0, 0.1) is 0 Å². The molecule has 0 saturated carbocycles. The standard InChI is InChI=1S/C29H29F3N6/c1-37(25-12-16-33-17-13-25)24-10-4-21(5-11-24)20-38(26-3-2-15-34-19-26)28-35-18-14-27(36-28)22-6-8-23(9-7-22)29(30,31)32/h4-14,16-18,26,34H,2-3,15,19-20H2,1H3. The number of hydrogen-bond acceptors (Lipinski definition) is 6. The number of aromatic nitrogens is 3. The largest absolute Gasteiger partial charge is 0.416 e. The summed E-state index contributed by atoms with van der Waals surface area (Å²) in [5.74, 6) is 0.564. The average Bonchev–Trinajstić information content (AvgIpc) is 2.96. The van der Waals surface area contributed by atoms with Crippen molar-refractivity contribution in [3.8, 4) is 11.3 Å². The fourth-order valence-corrected chi connectivity index (χ4v) is 4.68. The van der Waals surface area contributed by atoms with Crippen LogP contribution in [0.3, 0.4) is 0 Å². The quantitative estimate of drug-likeness (QED) is 0.320. The second kappa shape index (κ2) is 11.2. The molecule has 4 aromatic rings. The van der Waals surface area contributed by atoms with E-state index in [0.717, 1.165) is 55.0 Å². The topological polar surface area (TPSA) is 57.2 Å². The molecule has 196 valence electrons. The van der Waals surface area contributed by atoms with Gasteiger partial charge in [0.25, 0.3) is 0 Å². The molecule has 2 aromatic heterocycles. The highest BCUT2D eigenvalue weighted by Crippen LogP contribution is 2.31. The van der Waals surface area contributed by atoms with E-state index in [-0.39, 0.29) is 6.04 Å². The van der Waals surface area contributed by atoms with Crippen LogP contribution in [0.5, 0.6) is 0 Å². The molecular weight excluding hydrogens is 489 g/mol. The Labute approximate surface area is 220 Å². The van der Waals surface area contributed by atoms with E-state index in [4.69, 9.17) is 4.98 Å². The lowest BCUT2D eigenvalue weighted by Crippen LogP contribution is -2.46. The molecule has 1 saturated heterocycles. The average molecular weight is 519 g/mol. The summed E-state index contributed by atoms with van der Waals surface area (Å²) in [4.78, 5) is 17.7. The highest BCUT2D eigenvalue weighted by Gasteiger charge is 2.30. The number of benzene rings is 2. The van der Waals surface area contributed by atoms with Crippen molar-refractivity contribution in [1.29, 1.82) is 0 Å². The summed E-state index contributed by atoms with van der Waals surface area (Å²) in [5, 5.41) is 3.46. The van der Waals surface area contributed by atoms with Crippen LogP contribution in [0.1, 0.15) is 24.0 Å². The molecule has 0 radical (unpaired) electrons. The minimum Gasteiger partial charge on any atom is -0.345 e. The molecule has 1 aliphatic heterocycles. The fraction of sp³-hybridized carbons (Fsp3) is 0.276. The molecule has 3 heterocycles. The van der Waals surface area contributed by atoms with E-state index in [1.54, 1.807) is 24.7 Å². The van der Waals surface area contributed by atoms with Crippen LogP contribution in [-0.4, -0.2) is 41.1 Å². The predicted octanol–water partition coefficient (Wildman–Crippen LogP) is 6.08. The lowest BCUT2D eigenvalue weighted by atomic mass is 10.0. The summed E-state index contributed by atoms with van der Waals surface area (Å²) in [6.45, 7) is 2.41. The minimum atomic E-state index is -4.37. The van der Waals surface area contributed by atoms with Crippen molar-refractivity contribution >= 4 is 17.3 Å². The molecule has 0 amide bonds. The van der Waals surface area contributed by atoms with Gasteiger partial charge in [0, 0.05) is 61.7 Å². The minimum absolute atomic E-state index is 0.200. The molecule has 1 atom stereocenters. The summed E-state index contributed by atoms with van der Waals surface area (Å²) in [7, 11) is 2.02. The molecule has 0 aliphatic carbocycles. The molecule has 6 nitrogen and oxygen atoms in total. The van der Waals surface area contributed by atoms with Crippen molar-refractivity contribution in [2.45, 2.75) is 31.6 Å². The van der Waals surface area contributed by atoms with Gasteiger partial charge in [-0.25, -0.2) is 9.97 Å². The highest BCUT2D eigenvalue weighted by molar-refractivity contribution is 5.63. The number of halogens is 3. The first-order chi connectivity index (χ1) is 18.4. The Hall–Kier alpha value is -3.98. The maximum Gasteiger partial charge on any atom is 0.416 e. The highest BCUT2D eigenvalue weighted by atomic mass is 19.4. The second-order valence-corrected chi connectivity index (χ2v) is 9.38. The number of rotatable bonds is 7. The van der Waals surface area contributed by atoms with Gasteiger partial charge in [-0.2, -0.15) is 13.2 Å². The monoisotopic (exact) mass is 518 g/mol. The first kappa shape index (κ1) is 25.7. The number of alkyl halides is 3. The molecular formula is C29H29F3N6. The first-order valence-electron chi connectivity index (χ1n) is 12.6. The van der Waals surface area contributed by atoms with Gasteiger partial charge in [-0.3, -0.25) is 4.98 Å². The van der Waals surface area contributed by atoms with Crippen LogP contribution in [0.25, 0.3) is 11.3 Å². The van der Waals surface area contributed by atoms with Crippen molar-refractivity contribution in [2.75, 3.05) is 29.9 Å². The molecule has 0 bridgehead atoms. The summed E-state index contributed by atoms with van der Waals surface area (Å²) >= 11 is 0. The number of nitrogens with zero attached hydrogens (tertiary/aromatic N) is 5. The van der Waals surface area contributed by atoms with Gasteiger partial charge in [-0.1, -0.05) is 24.3 Å². The Morgan fingerprint density at radius 2 is 1.61 bits per heavy atom. The van der Waals surface area contributed by atoms with Gasteiger partial charge >= 0.3 is 6.18 Å². The first-order valence-corrected chi connectivity index (χ1v) is 12.6. The van der Waals surface area contributed by atoms with Gasteiger partial charge in [0.15, 0.2) is 0 Å². The SMILES string of the molecule is CN(c1ccncc1)c1ccc(CN(c2nccc(-c3ccc(C(F)(F)F)cc3)n2)C2CCCNC2)cc1. The van der Waals surface area contributed by atoms with Crippen LogP contribution >= 0.6 is 0 Å². The third-order valence-electron chi connectivity index (χ3n) is 6.85. The van der Waals surface area contributed by atoms with E-state index in [1.807, 2.05) is 19.2 Å². The number of anilines is 3. The van der Waals surface area contributed by atoms with E-state index >= 15 is 0 Å². The summed E-state index contributed by atoms with van der Waals surface area (Å²) < 4.78 is 39.1. The van der Waals surface area contributed by atoms with Crippen molar-refractivity contribution in [3.05, 3.63) is 96.4 Å². The van der Waals surface area contributed by atoms with E-state index in [9.17, 15) is 13.2 Å². The van der Waals surface area contributed by atoms with Crippen molar-refractivity contribution in [1.82, 2.24) is 20.3 Å². The number of piperidine rings is 1. The lowest BCUT2D eigenvalue weighted by molar-refractivity contribution is -0.137. The van der Waals surface area contributed by atoms with Crippen LogP contribution in [0.15, 0.2) is 85.3 Å². The van der Waals surface area contributed by atoms with Gasteiger partial charge in [0.05, 0.1) is 11.3 Å². The smallest absolute Gasteiger partial charge is 0.345 e. The summed E-state index contributed by atoms with van der Waals surface area (Å²) in [6, 6.07) is 19.3.